The molecule has 0 spiro atoms. The maximum absolute atomic E-state index is 11.3. The molecule has 1 fully saturated rings. The van der Waals surface area contributed by atoms with Gasteiger partial charge in [0.15, 0.2) is 0 Å². The van der Waals surface area contributed by atoms with Crippen LogP contribution in [0, 0.1) is 0 Å². The zero-order valence-corrected chi connectivity index (χ0v) is 12.5. The summed E-state index contributed by atoms with van der Waals surface area (Å²) in [4.78, 5) is 29.4. The van der Waals surface area contributed by atoms with Crippen LogP contribution in [0.5, 0.6) is 0 Å². The fourth-order valence-electron chi connectivity index (χ4n) is 2.17. The van der Waals surface area contributed by atoms with E-state index < -0.39 is 62.5 Å². The number of carbonyl (C=O) groups excluding carboxylic acids is 1. The molecule has 0 bridgehead atoms. The number of amides is 1. The lowest BCUT2D eigenvalue weighted by Crippen LogP contribution is -2.65. The molecule has 1 saturated heterocycles. The average Bonchev–Trinajstić information content (AvgIpc) is 2.38. The lowest BCUT2D eigenvalue weighted by Gasteiger charge is -2.46. The molecule has 8 N–H and O–H groups in total. The summed E-state index contributed by atoms with van der Waals surface area (Å²) in [5.41, 5.74) is -3.10. The number of aliphatic hydroxyl groups is 5. The topological polar surface area (TPSA) is 197 Å². The van der Waals surface area contributed by atoms with Gasteiger partial charge in [0.25, 0.3) is 5.53 Å². The third-order valence-electron chi connectivity index (χ3n) is 3.31. The zero-order valence-electron chi connectivity index (χ0n) is 11.6. The Hall–Kier alpha value is -0.620. The molecule has 0 aromatic carbocycles. The van der Waals surface area contributed by atoms with E-state index in [-0.39, 0.29) is 0 Å². The van der Waals surface area contributed by atoms with Crippen molar-refractivity contribution in [2.24, 2.45) is 0 Å². The van der Waals surface area contributed by atoms with E-state index in [0.29, 0.717) is 0 Å². The molecule has 0 aromatic heterocycles. The van der Waals surface area contributed by atoms with Crippen molar-refractivity contribution in [2.45, 2.75) is 49.3 Å². The van der Waals surface area contributed by atoms with Crippen LogP contribution in [0.1, 0.15) is 13.3 Å². The summed E-state index contributed by atoms with van der Waals surface area (Å²) < 4.78 is 16.1. The van der Waals surface area contributed by atoms with Gasteiger partial charge in [-0.15, -0.1) is 0 Å². The van der Waals surface area contributed by atoms with Gasteiger partial charge in [0.2, 0.25) is 5.91 Å². The Kier molecular flexibility index (Phi) is 6.07. The van der Waals surface area contributed by atoms with Gasteiger partial charge in [-0.1, -0.05) is 0 Å². The molecule has 12 heteroatoms. The van der Waals surface area contributed by atoms with Gasteiger partial charge in [-0.3, -0.25) is 9.36 Å². The van der Waals surface area contributed by atoms with Crippen molar-refractivity contribution in [1.82, 2.24) is 5.32 Å². The Balaban J connectivity index is 3.15. The molecule has 1 amide bonds. The summed E-state index contributed by atoms with van der Waals surface area (Å²) >= 11 is 0. The third kappa shape index (κ3) is 4.02. The van der Waals surface area contributed by atoms with E-state index in [4.69, 9.17) is 19.6 Å². The largest absolute Gasteiger partial charge is 0.394 e. The first-order valence-electron chi connectivity index (χ1n) is 6.31. The molecule has 0 aromatic rings. The van der Waals surface area contributed by atoms with Crippen LogP contribution in [0.15, 0.2) is 0 Å². The SMILES string of the molecule is CC(=O)N[C@H]1[C@H]([C@@H](O)[C@@H](O)CO)O[C@](O)(P(=O)(O)O)C[C@@H]1O. The normalized spacial score (nSPS) is 35.7. The van der Waals surface area contributed by atoms with Gasteiger partial charge in [0.1, 0.15) is 18.3 Å². The van der Waals surface area contributed by atoms with E-state index in [1.54, 1.807) is 0 Å². The van der Waals surface area contributed by atoms with Gasteiger partial charge < -0.3 is 45.4 Å². The Labute approximate surface area is 125 Å². The second-order valence-electron chi connectivity index (χ2n) is 5.11. The minimum atomic E-state index is -5.26. The first kappa shape index (κ1) is 19.4. The van der Waals surface area contributed by atoms with Gasteiger partial charge in [-0.2, -0.15) is 0 Å². The van der Waals surface area contributed by atoms with E-state index in [0.717, 1.165) is 6.92 Å². The highest BCUT2D eigenvalue weighted by Gasteiger charge is 2.58. The highest BCUT2D eigenvalue weighted by atomic mass is 31.2. The molecule has 1 rings (SSSR count). The molecule has 0 radical (unpaired) electrons. The van der Waals surface area contributed by atoms with Crippen LogP contribution in [-0.4, -0.2) is 83.8 Å². The predicted molar refractivity (Wildman–Crippen MR) is 69.2 cm³/mol. The summed E-state index contributed by atoms with van der Waals surface area (Å²) in [5.74, 6) is -0.648. The second kappa shape index (κ2) is 6.87. The summed E-state index contributed by atoms with van der Waals surface area (Å²) in [5, 5.41) is 50.2. The van der Waals surface area contributed by atoms with E-state index in [9.17, 15) is 29.8 Å². The highest BCUT2D eigenvalue weighted by molar-refractivity contribution is 7.53. The first-order chi connectivity index (χ1) is 9.93. The maximum atomic E-state index is 11.3. The van der Waals surface area contributed by atoms with Crippen LogP contribution >= 0.6 is 7.60 Å². The minimum Gasteiger partial charge on any atom is -0.394 e. The summed E-state index contributed by atoms with van der Waals surface area (Å²) in [6.45, 7) is 0.167. The minimum absolute atomic E-state index is 0.648. The van der Waals surface area contributed by atoms with Crippen molar-refractivity contribution in [3.8, 4) is 0 Å². The van der Waals surface area contributed by atoms with Crippen molar-refractivity contribution in [3.05, 3.63) is 0 Å². The summed E-state index contributed by atoms with van der Waals surface area (Å²) in [6.07, 6.45) is -8.10. The highest BCUT2D eigenvalue weighted by Crippen LogP contribution is 2.54. The number of aliphatic hydroxyl groups excluding tert-OH is 4. The Bertz CT molecular complexity index is 455. The lowest BCUT2D eigenvalue weighted by atomic mass is 9.92. The number of rotatable bonds is 5. The number of nitrogens with one attached hydrogen (secondary N) is 1. The van der Waals surface area contributed by atoms with Gasteiger partial charge in [0.05, 0.1) is 18.8 Å². The van der Waals surface area contributed by atoms with Crippen molar-refractivity contribution < 1.29 is 49.4 Å². The fourth-order valence-corrected chi connectivity index (χ4v) is 2.85. The number of carbonyl (C=O) groups is 1. The van der Waals surface area contributed by atoms with Crippen molar-refractivity contribution in [3.63, 3.8) is 0 Å². The fraction of sp³-hybridized carbons (Fsp3) is 0.900. The molecule has 1 aliphatic rings. The zero-order chi connectivity index (χ0) is 17.3. The molecule has 0 unspecified atom stereocenters. The summed E-state index contributed by atoms with van der Waals surface area (Å²) in [6, 6.07) is -1.36. The average molecular weight is 345 g/mol. The predicted octanol–water partition coefficient (Wildman–Crippen LogP) is -3.82. The van der Waals surface area contributed by atoms with E-state index in [1.165, 1.54) is 0 Å². The monoisotopic (exact) mass is 345 g/mol. The molecular formula is C10H20NO10P. The molecule has 1 heterocycles. The molecule has 22 heavy (non-hydrogen) atoms. The Morgan fingerprint density at radius 3 is 2.41 bits per heavy atom. The van der Waals surface area contributed by atoms with Crippen LogP contribution in [0.4, 0.5) is 0 Å². The molecule has 0 saturated carbocycles. The van der Waals surface area contributed by atoms with Crippen LogP contribution < -0.4 is 5.32 Å². The molecule has 11 nitrogen and oxygen atoms in total. The van der Waals surface area contributed by atoms with E-state index >= 15 is 0 Å². The van der Waals surface area contributed by atoms with Gasteiger partial charge >= 0.3 is 7.60 Å². The first-order valence-corrected chi connectivity index (χ1v) is 7.92. The van der Waals surface area contributed by atoms with E-state index in [2.05, 4.69) is 5.32 Å². The Morgan fingerprint density at radius 2 is 2.00 bits per heavy atom. The van der Waals surface area contributed by atoms with Crippen molar-refractivity contribution >= 4 is 13.5 Å². The van der Waals surface area contributed by atoms with Gasteiger partial charge in [-0.25, -0.2) is 0 Å². The molecule has 0 aliphatic carbocycles. The quantitative estimate of drug-likeness (QED) is 0.228. The van der Waals surface area contributed by atoms with Crippen LogP contribution in [0.3, 0.4) is 0 Å². The number of ether oxygens (including phenoxy) is 1. The molecular weight excluding hydrogens is 325 g/mol. The van der Waals surface area contributed by atoms with Crippen LogP contribution in [0.25, 0.3) is 0 Å². The van der Waals surface area contributed by atoms with E-state index in [1.807, 2.05) is 0 Å². The van der Waals surface area contributed by atoms with Crippen LogP contribution in [-0.2, 0) is 14.1 Å². The maximum Gasteiger partial charge on any atom is 0.384 e. The standard InChI is InChI=1S/C10H20NO10P/c1-4(13)11-7-5(14)2-10(17,22(18,19)20)21-9(7)8(16)6(15)3-12/h5-9,12,14-17H,2-3H2,1H3,(H,11,13)(H2,18,19,20)/t5-,6-,7+,8-,9+,10-/m0/s1. The number of hydrogen-bond donors (Lipinski definition) is 8. The molecule has 6 atom stereocenters. The summed E-state index contributed by atoms with van der Waals surface area (Å²) in [7, 11) is -5.26. The molecule has 130 valence electrons. The van der Waals surface area contributed by atoms with Crippen molar-refractivity contribution in [1.29, 1.82) is 0 Å². The van der Waals surface area contributed by atoms with Crippen LogP contribution in [0.2, 0.25) is 0 Å². The second-order valence-corrected chi connectivity index (χ2v) is 6.89. The lowest BCUT2D eigenvalue weighted by molar-refractivity contribution is -0.266. The van der Waals surface area contributed by atoms with Crippen molar-refractivity contribution in [2.75, 3.05) is 6.61 Å². The third-order valence-corrected chi connectivity index (χ3v) is 4.51. The smallest absolute Gasteiger partial charge is 0.384 e. The van der Waals surface area contributed by atoms with Gasteiger partial charge in [0, 0.05) is 13.3 Å². The molecule has 1 aliphatic heterocycles. The Morgan fingerprint density at radius 1 is 1.45 bits per heavy atom. The van der Waals surface area contributed by atoms with Gasteiger partial charge in [-0.05, 0) is 0 Å². The number of hydrogen-bond acceptors (Lipinski definition) is 8.